The molecule has 8 nitrogen and oxygen atoms in total. The Bertz CT molecular complexity index is 730. The number of nitrogens with zero attached hydrogens (tertiary/aromatic N) is 3. The van der Waals surface area contributed by atoms with Crippen LogP contribution in [0.5, 0.6) is 5.88 Å². The highest BCUT2D eigenvalue weighted by Gasteiger charge is 2.30. The average molecular weight is 382 g/mol. The number of rotatable bonds is 4. The van der Waals surface area contributed by atoms with Gasteiger partial charge >= 0.3 is 5.88 Å². The van der Waals surface area contributed by atoms with Gasteiger partial charge in [-0.15, -0.1) is 0 Å². The monoisotopic (exact) mass is 381 g/mol. The molecule has 1 amide bonds. The summed E-state index contributed by atoms with van der Waals surface area (Å²) in [5.41, 5.74) is 0. The van der Waals surface area contributed by atoms with Gasteiger partial charge in [-0.25, -0.2) is 4.98 Å². The molecule has 0 N–H and O–H groups in total. The van der Waals surface area contributed by atoms with Gasteiger partial charge in [-0.05, 0) is 28.1 Å². The van der Waals surface area contributed by atoms with E-state index < -0.39 is 10.8 Å². The second kappa shape index (κ2) is 6.37. The largest absolute Gasteiger partial charge is 0.472 e. The van der Waals surface area contributed by atoms with E-state index >= 15 is 0 Å². The fourth-order valence-corrected chi connectivity index (χ4v) is 2.54. The van der Waals surface area contributed by atoms with E-state index in [1.165, 1.54) is 12.1 Å². The van der Waals surface area contributed by atoms with E-state index in [1.807, 2.05) is 6.07 Å². The molecular formula is C14H12BrN3O5. The van der Waals surface area contributed by atoms with Crippen LogP contribution in [0.3, 0.4) is 0 Å². The number of amides is 1. The lowest BCUT2D eigenvalue weighted by Crippen LogP contribution is -2.30. The number of furan rings is 1. The van der Waals surface area contributed by atoms with E-state index in [0.29, 0.717) is 25.4 Å². The van der Waals surface area contributed by atoms with Crippen LogP contribution in [0.15, 0.2) is 39.4 Å². The van der Waals surface area contributed by atoms with E-state index in [2.05, 4.69) is 20.9 Å². The van der Waals surface area contributed by atoms with Crippen molar-refractivity contribution in [3.8, 4) is 5.88 Å². The first-order valence-corrected chi connectivity index (χ1v) is 7.64. The van der Waals surface area contributed by atoms with Crippen LogP contribution in [0.4, 0.5) is 5.88 Å². The molecule has 1 aliphatic heterocycles. The van der Waals surface area contributed by atoms with Crippen LogP contribution in [0, 0.1) is 10.1 Å². The summed E-state index contributed by atoms with van der Waals surface area (Å²) in [6, 6.07) is 6.04. The molecule has 1 atom stereocenters. The second-order valence-corrected chi connectivity index (χ2v) is 5.91. The molecule has 23 heavy (non-hydrogen) atoms. The Morgan fingerprint density at radius 3 is 2.91 bits per heavy atom. The van der Waals surface area contributed by atoms with E-state index in [-0.39, 0.29) is 17.8 Å². The predicted octanol–water partition coefficient (Wildman–Crippen LogP) is 2.64. The summed E-state index contributed by atoms with van der Waals surface area (Å²) in [6.45, 7) is 0.875. The topological polar surface area (TPSA) is 98.7 Å². The minimum absolute atomic E-state index is 0.0425. The zero-order chi connectivity index (χ0) is 16.4. The molecule has 0 spiro atoms. The second-order valence-electron chi connectivity index (χ2n) is 4.99. The molecule has 0 saturated carbocycles. The van der Waals surface area contributed by atoms with Crippen molar-refractivity contribution in [2.45, 2.75) is 12.5 Å². The molecule has 9 heteroatoms. The summed E-state index contributed by atoms with van der Waals surface area (Å²) >= 11 is 3.30. The van der Waals surface area contributed by atoms with Crippen LogP contribution in [0.1, 0.15) is 17.0 Å². The Kier molecular flexibility index (Phi) is 4.28. The number of pyridine rings is 1. The van der Waals surface area contributed by atoms with Crippen LogP contribution < -0.4 is 4.74 Å². The number of aromatic nitrogens is 1. The molecule has 0 aromatic carbocycles. The summed E-state index contributed by atoms with van der Waals surface area (Å²) < 4.78 is 11.5. The van der Waals surface area contributed by atoms with Gasteiger partial charge in [0.1, 0.15) is 11.0 Å². The van der Waals surface area contributed by atoms with Gasteiger partial charge in [0.05, 0.1) is 12.6 Å². The van der Waals surface area contributed by atoms with E-state index in [0.717, 1.165) is 4.47 Å². The third-order valence-electron chi connectivity index (χ3n) is 3.40. The van der Waals surface area contributed by atoms with Gasteiger partial charge in [0.25, 0.3) is 5.91 Å². The highest BCUT2D eigenvalue weighted by atomic mass is 79.9. The predicted molar refractivity (Wildman–Crippen MR) is 82.2 cm³/mol. The first kappa shape index (κ1) is 15.5. The van der Waals surface area contributed by atoms with E-state index in [9.17, 15) is 14.9 Å². The SMILES string of the molecule is O=C(c1ccc([N+](=O)[O-])o1)N1CCC(Oc2ccc(Br)cn2)C1. The highest BCUT2D eigenvalue weighted by Crippen LogP contribution is 2.22. The smallest absolute Gasteiger partial charge is 0.433 e. The van der Waals surface area contributed by atoms with Crippen LogP contribution in [-0.4, -0.2) is 39.9 Å². The van der Waals surface area contributed by atoms with Gasteiger partial charge in [0.15, 0.2) is 5.76 Å². The van der Waals surface area contributed by atoms with Crippen LogP contribution in [0.25, 0.3) is 0 Å². The summed E-state index contributed by atoms with van der Waals surface area (Å²) in [6.07, 6.45) is 2.12. The molecule has 1 unspecified atom stereocenters. The average Bonchev–Trinajstić information content (AvgIpc) is 3.18. The minimum atomic E-state index is -0.675. The molecule has 1 fully saturated rings. The lowest BCUT2D eigenvalue weighted by atomic mass is 10.3. The number of hydrogen-bond donors (Lipinski definition) is 0. The maximum Gasteiger partial charge on any atom is 0.433 e. The normalized spacial score (nSPS) is 17.3. The fourth-order valence-electron chi connectivity index (χ4n) is 2.31. The minimum Gasteiger partial charge on any atom is -0.472 e. The number of nitro groups is 1. The molecule has 120 valence electrons. The molecule has 0 aliphatic carbocycles. The number of likely N-dealkylation sites (tertiary alicyclic amines) is 1. The maximum atomic E-state index is 12.3. The number of carbonyl (C=O) groups is 1. The van der Waals surface area contributed by atoms with Crippen LogP contribution in [-0.2, 0) is 0 Å². The van der Waals surface area contributed by atoms with Crippen molar-refractivity contribution in [1.82, 2.24) is 9.88 Å². The Balaban J connectivity index is 1.61. The van der Waals surface area contributed by atoms with Crippen molar-refractivity contribution in [3.05, 3.63) is 50.8 Å². The first-order valence-electron chi connectivity index (χ1n) is 6.84. The standard InChI is InChI=1S/C14H12BrN3O5/c15-9-1-3-12(16-7-9)22-10-5-6-17(8-10)14(19)11-2-4-13(23-11)18(20)21/h1-4,7,10H,5-6,8H2. The summed E-state index contributed by atoms with van der Waals surface area (Å²) in [4.78, 5) is 27.9. The number of ether oxygens (including phenoxy) is 1. The third-order valence-corrected chi connectivity index (χ3v) is 3.87. The molecule has 1 saturated heterocycles. The molecule has 1 aliphatic rings. The van der Waals surface area contributed by atoms with Crippen molar-refractivity contribution < 1.29 is 18.9 Å². The van der Waals surface area contributed by atoms with Gasteiger partial charge in [0, 0.05) is 29.7 Å². The van der Waals surface area contributed by atoms with Crippen molar-refractivity contribution in [3.63, 3.8) is 0 Å². The molecule has 2 aromatic heterocycles. The summed E-state index contributed by atoms with van der Waals surface area (Å²) in [5, 5.41) is 10.6. The summed E-state index contributed by atoms with van der Waals surface area (Å²) in [7, 11) is 0. The Morgan fingerprint density at radius 2 is 2.26 bits per heavy atom. The zero-order valence-electron chi connectivity index (χ0n) is 11.8. The van der Waals surface area contributed by atoms with Crippen molar-refractivity contribution >= 4 is 27.7 Å². The molecular weight excluding hydrogens is 370 g/mol. The van der Waals surface area contributed by atoms with Gasteiger partial charge in [0.2, 0.25) is 5.88 Å². The molecule has 3 heterocycles. The van der Waals surface area contributed by atoms with Crippen molar-refractivity contribution in [1.29, 1.82) is 0 Å². The third kappa shape index (κ3) is 3.50. The molecule has 0 radical (unpaired) electrons. The van der Waals surface area contributed by atoms with E-state index in [4.69, 9.17) is 9.15 Å². The number of hydrogen-bond acceptors (Lipinski definition) is 6. The van der Waals surface area contributed by atoms with E-state index in [1.54, 1.807) is 17.2 Å². The molecule has 2 aromatic rings. The molecule has 0 bridgehead atoms. The Hall–Kier alpha value is -2.42. The molecule has 3 rings (SSSR count). The van der Waals surface area contributed by atoms with Gasteiger partial charge in [-0.2, -0.15) is 0 Å². The highest BCUT2D eigenvalue weighted by molar-refractivity contribution is 9.10. The van der Waals surface area contributed by atoms with Gasteiger partial charge in [-0.1, -0.05) is 0 Å². The maximum absolute atomic E-state index is 12.3. The van der Waals surface area contributed by atoms with Crippen LogP contribution >= 0.6 is 15.9 Å². The zero-order valence-corrected chi connectivity index (χ0v) is 13.4. The number of carbonyl (C=O) groups excluding carboxylic acids is 1. The van der Waals surface area contributed by atoms with Crippen LogP contribution in [0.2, 0.25) is 0 Å². The number of halogens is 1. The van der Waals surface area contributed by atoms with Gasteiger partial charge < -0.3 is 14.1 Å². The Labute approximate surface area is 139 Å². The lowest BCUT2D eigenvalue weighted by molar-refractivity contribution is -0.402. The van der Waals surface area contributed by atoms with Crippen molar-refractivity contribution in [2.75, 3.05) is 13.1 Å². The quantitative estimate of drug-likeness (QED) is 0.596. The Morgan fingerprint density at radius 1 is 1.43 bits per heavy atom. The van der Waals surface area contributed by atoms with Crippen molar-refractivity contribution in [2.24, 2.45) is 0 Å². The van der Waals surface area contributed by atoms with Gasteiger partial charge in [-0.3, -0.25) is 14.9 Å². The fraction of sp³-hybridized carbons (Fsp3) is 0.286. The first-order chi connectivity index (χ1) is 11.0. The summed E-state index contributed by atoms with van der Waals surface area (Å²) in [5.74, 6) is -0.382. The lowest BCUT2D eigenvalue weighted by Gasteiger charge is -2.15.